The zero-order valence-corrected chi connectivity index (χ0v) is 18.3. The Labute approximate surface area is 180 Å². The van der Waals surface area contributed by atoms with Gasteiger partial charge in [-0.25, -0.2) is 9.59 Å². The van der Waals surface area contributed by atoms with Crippen molar-refractivity contribution in [2.45, 2.75) is 11.4 Å². The number of methoxy groups -OCH3 is 3. The molecule has 1 aromatic carbocycles. The van der Waals surface area contributed by atoms with Crippen LogP contribution >= 0.6 is 11.8 Å². The van der Waals surface area contributed by atoms with Gasteiger partial charge in [0.15, 0.2) is 11.9 Å². The number of piperazine rings is 1. The molecule has 2 fully saturated rings. The van der Waals surface area contributed by atoms with Crippen LogP contribution in [0.2, 0.25) is 0 Å². The van der Waals surface area contributed by atoms with Crippen LogP contribution in [-0.4, -0.2) is 94.0 Å². The maximum Gasteiger partial charge on any atom is 0.339 e. The molecule has 30 heavy (non-hydrogen) atoms. The Morgan fingerprint density at radius 2 is 1.67 bits per heavy atom. The fourth-order valence-corrected chi connectivity index (χ4v) is 5.09. The van der Waals surface area contributed by atoms with Crippen LogP contribution in [-0.2, 0) is 23.9 Å². The normalized spacial score (nSPS) is 22.0. The number of ether oxygens (including phenoxy) is 3. The van der Waals surface area contributed by atoms with Crippen LogP contribution in [0.5, 0.6) is 5.75 Å². The number of nitrogens with zero attached hydrogens (tertiary/aromatic N) is 2. The van der Waals surface area contributed by atoms with Crippen LogP contribution in [0.25, 0.3) is 0 Å². The van der Waals surface area contributed by atoms with Crippen molar-refractivity contribution < 1.29 is 33.5 Å². The standard InChI is InChI=1S/C20H27N3O6S/c1-27-15-6-4-14(5-7-15)22-10-8-21(9-11-22)12-17(24)23-16(19(25)28-2)13-30-18(23)20(26)29-3/h4-7,16,18H,8-13H2,1-3H3/p+1/t16-,18-/m0/s1. The van der Waals surface area contributed by atoms with E-state index in [1.807, 2.05) is 24.3 Å². The highest BCUT2D eigenvalue weighted by molar-refractivity contribution is 8.00. The van der Waals surface area contributed by atoms with E-state index in [0.717, 1.165) is 42.5 Å². The lowest BCUT2D eigenvalue weighted by atomic mass is 10.2. The van der Waals surface area contributed by atoms with Crippen LogP contribution in [0.15, 0.2) is 24.3 Å². The summed E-state index contributed by atoms with van der Waals surface area (Å²) < 4.78 is 14.8. The zero-order chi connectivity index (χ0) is 21.7. The highest BCUT2D eigenvalue weighted by Gasteiger charge is 2.47. The average molecular weight is 439 g/mol. The number of carbonyl (C=O) groups is 3. The summed E-state index contributed by atoms with van der Waals surface area (Å²) in [5.74, 6) is -0.143. The van der Waals surface area contributed by atoms with Crippen LogP contribution in [0.1, 0.15) is 0 Å². The molecule has 2 aliphatic heterocycles. The van der Waals surface area contributed by atoms with Gasteiger partial charge in [0.1, 0.15) is 11.8 Å². The Morgan fingerprint density at radius 3 is 2.23 bits per heavy atom. The van der Waals surface area contributed by atoms with Gasteiger partial charge in [0.05, 0.1) is 47.5 Å². The fourth-order valence-electron chi connectivity index (χ4n) is 3.77. The van der Waals surface area contributed by atoms with E-state index in [1.54, 1.807) is 7.11 Å². The summed E-state index contributed by atoms with van der Waals surface area (Å²) in [6.45, 7) is 3.40. The highest BCUT2D eigenvalue weighted by atomic mass is 32.2. The topological polar surface area (TPSA) is 89.8 Å². The second-order valence-corrected chi connectivity index (χ2v) is 8.27. The van der Waals surface area contributed by atoms with Gasteiger partial charge in [0.2, 0.25) is 0 Å². The van der Waals surface area contributed by atoms with Crippen molar-refractivity contribution in [1.82, 2.24) is 4.90 Å². The molecule has 0 aromatic heterocycles. The highest BCUT2D eigenvalue weighted by Crippen LogP contribution is 2.30. The molecule has 0 aliphatic carbocycles. The third kappa shape index (κ3) is 4.81. The van der Waals surface area contributed by atoms with E-state index in [4.69, 9.17) is 14.2 Å². The molecule has 3 rings (SSSR count). The maximum absolute atomic E-state index is 13.0. The largest absolute Gasteiger partial charge is 0.497 e. The summed E-state index contributed by atoms with van der Waals surface area (Å²) in [5.41, 5.74) is 1.12. The molecular formula is C20H28N3O6S+. The lowest BCUT2D eigenvalue weighted by molar-refractivity contribution is -0.892. The monoisotopic (exact) mass is 438 g/mol. The Balaban J connectivity index is 1.60. The lowest BCUT2D eigenvalue weighted by Crippen LogP contribution is -3.16. The minimum atomic E-state index is -0.813. The van der Waals surface area contributed by atoms with Crippen LogP contribution in [0.3, 0.4) is 0 Å². The molecule has 1 amide bonds. The summed E-state index contributed by atoms with van der Waals surface area (Å²) >= 11 is 1.23. The van der Waals surface area contributed by atoms with Crippen molar-refractivity contribution in [1.29, 1.82) is 0 Å². The van der Waals surface area contributed by atoms with Crippen molar-refractivity contribution >= 4 is 35.3 Å². The number of quaternary nitrogens is 1. The Bertz CT molecular complexity index is 742. The minimum Gasteiger partial charge on any atom is -0.497 e. The molecule has 10 heteroatoms. The van der Waals surface area contributed by atoms with Gasteiger partial charge in [-0.05, 0) is 24.3 Å². The minimum absolute atomic E-state index is 0.220. The fraction of sp³-hybridized carbons (Fsp3) is 0.550. The summed E-state index contributed by atoms with van der Waals surface area (Å²) in [6.07, 6.45) is 0. The van der Waals surface area contributed by atoms with Crippen LogP contribution < -0.4 is 14.5 Å². The number of esters is 2. The molecule has 0 radical (unpaired) electrons. The first-order valence-electron chi connectivity index (χ1n) is 9.79. The molecular weight excluding hydrogens is 410 g/mol. The molecule has 2 aliphatic rings. The van der Waals surface area contributed by atoms with E-state index in [0.29, 0.717) is 5.75 Å². The molecule has 2 atom stereocenters. The Morgan fingerprint density at radius 1 is 1.03 bits per heavy atom. The third-order valence-electron chi connectivity index (χ3n) is 5.47. The van der Waals surface area contributed by atoms with Gasteiger partial charge in [-0.3, -0.25) is 4.79 Å². The zero-order valence-electron chi connectivity index (χ0n) is 17.5. The molecule has 9 nitrogen and oxygen atoms in total. The molecule has 1 N–H and O–H groups in total. The van der Waals surface area contributed by atoms with Crippen molar-refractivity contribution in [3.05, 3.63) is 24.3 Å². The predicted molar refractivity (Wildman–Crippen MR) is 112 cm³/mol. The number of anilines is 1. The van der Waals surface area contributed by atoms with Crippen molar-refractivity contribution in [3.63, 3.8) is 0 Å². The van der Waals surface area contributed by atoms with Crippen LogP contribution in [0, 0.1) is 0 Å². The quantitative estimate of drug-likeness (QED) is 0.567. The summed E-state index contributed by atoms with van der Waals surface area (Å²) in [7, 11) is 4.20. The van der Waals surface area contributed by atoms with E-state index in [9.17, 15) is 14.4 Å². The molecule has 1 aromatic rings. The summed E-state index contributed by atoms with van der Waals surface area (Å²) in [5, 5.41) is -0.813. The molecule has 164 valence electrons. The number of hydrogen-bond donors (Lipinski definition) is 1. The van der Waals surface area contributed by atoms with Gasteiger partial charge in [-0.2, -0.15) is 0 Å². The molecule has 0 spiro atoms. The molecule has 0 bridgehead atoms. The Hall–Kier alpha value is -2.46. The molecule has 0 saturated carbocycles. The number of carbonyl (C=O) groups excluding carboxylic acids is 3. The van der Waals surface area contributed by atoms with Gasteiger partial charge in [0.25, 0.3) is 5.91 Å². The summed E-state index contributed by atoms with van der Waals surface area (Å²) in [6, 6.07) is 7.15. The third-order valence-corrected chi connectivity index (χ3v) is 6.72. The van der Waals surface area contributed by atoms with Gasteiger partial charge in [0, 0.05) is 11.4 Å². The number of amides is 1. The van der Waals surface area contributed by atoms with E-state index >= 15 is 0 Å². The molecule has 2 heterocycles. The van der Waals surface area contributed by atoms with Crippen LogP contribution in [0.4, 0.5) is 5.69 Å². The average Bonchev–Trinajstić information content (AvgIpc) is 3.24. The first-order chi connectivity index (χ1) is 14.5. The first kappa shape index (κ1) is 22.2. The molecule has 0 unspecified atom stereocenters. The Kier molecular flexibility index (Phi) is 7.43. The smallest absolute Gasteiger partial charge is 0.339 e. The van der Waals surface area contributed by atoms with E-state index in [1.165, 1.54) is 30.9 Å². The van der Waals surface area contributed by atoms with Crippen molar-refractivity contribution in [2.75, 3.05) is 64.7 Å². The van der Waals surface area contributed by atoms with Gasteiger partial charge >= 0.3 is 11.9 Å². The second-order valence-electron chi connectivity index (χ2n) is 7.16. The SMILES string of the molecule is COC(=O)[C@@H]1CS[C@@H](C(=O)OC)N1C(=O)C[NH+]1CCN(c2ccc(OC)cc2)CC1. The number of benzene rings is 1. The number of thioether (sulfide) groups is 1. The maximum atomic E-state index is 13.0. The van der Waals surface area contributed by atoms with E-state index < -0.39 is 23.4 Å². The first-order valence-corrected chi connectivity index (χ1v) is 10.8. The second kappa shape index (κ2) is 10.0. The summed E-state index contributed by atoms with van der Waals surface area (Å²) in [4.78, 5) is 42.0. The van der Waals surface area contributed by atoms with Gasteiger partial charge < -0.3 is 28.9 Å². The number of hydrogen-bond acceptors (Lipinski definition) is 8. The molecule has 2 saturated heterocycles. The van der Waals surface area contributed by atoms with E-state index in [-0.39, 0.29) is 12.5 Å². The predicted octanol–water partition coefficient (Wildman–Crippen LogP) is -0.984. The number of nitrogens with one attached hydrogen (secondary N) is 1. The number of rotatable bonds is 6. The van der Waals surface area contributed by atoms with E-state index in [2.05, 4.69) is 4.90 Å². The van der Waals surface area contributed by atoms with Crippen molar-refractivity contribution in [2.24, 2.45) is 0 Å². The lowest BCUT2D eigenvalue weighted by Gasteiger charge is -2.34. The van der Waals surface area contributed by atoms with Gasteiger partial charge in [-0.1, -0.05) is 0 Å². The van der Waals surface area contributed by atoms with Gasteiger partial charge in [-0.15, -0.1) is 11.8 Å². The van der Waals surface area contributed by atoms with Crippen molar-refractivity contribution in [3.8, 4) is 5.75 Å².